The minimum atomic E-state index is -1.09. The SMILES string of the molecule is BC1(O)CCc2c(c(O)c3c(c2OC2CC(N4C=CCC4)C(O)C(C)O2)C(=O)c2c(OC)cccc2C3=O)C1. The van der Waals surface area contributed by atoms with E-state index in [1.807, 2.05) is 6.20 Å². The van der Waals surface area contributed by atoms with Crippen LogP contribution in [0.1, 0.15) is 69.2 Å². The number of carbonyl (C=O) groups is 2. The van der Waals surface area contributed by atoms with Gasteiger partial charge in [0.15, 0.2) is 5.78 Å². The van der Waals surface area contributed by atoms with Crippen LogP contribution < -0.4 is 9.47 Å². The van der Waals surface area contributed by atoms with Crippen molar-refractivity contribution in [3.63, 3.8) is 0 Å². The van der Waals surface area contributed by atoms with Gasteiger partial charge in [-0.05, 0) is 44.9 Å². The molecule has 0 aromatic heterocycles. The summed E-state index contributed by atoms with van der Waals surface area (Å²) in [6, 6.07) is 4.53. The molecule has 6 rings (SSSR count). The second kappa shape index (κ2) is 9.40. The Morgan fingerprint density at radius 1 is 1.15 bits per heavy atom. The molecule has 2 aromatic rings. The Morgan fingerprint density at radius 3 is 2.67 bits per heavy atom. The molecule has 39 heavy (non-hydrogen) atoms. The number of aromatic hydroxyl groups is 1. The quantitative estimate of drug-likeness (QED) is 0.428. The fourth-order valence-electron chi connectivity index (χ4n) is 6.43. The lowest BCUT2D eigenvalue weighted by atomic mass is 9.67. The number of fused-ring (bicyclic) bond motifs is 3. The van der Waals surface area contributed by atoms with E-state index >= 15 is 0 Å². The number of phenolic OH excluding ortho intramolecular Hbond substituents is 1. The van der Waals surface area contributed by atoms with Crippen LogP contribution in [0, 0.1) is 0 Å². The number of aliphatic hydroxyl groups is 2. The smallest absolute Gasteiger partial charge is 0.202 e. The second-order valence-corrected chi connectivity index (χ2v) is 11.2. The van der Waals surface area contributed by atoms with E-state index in [-0.39, 0.29) is 52.0 Å². The van der Waals surface area contributed by atoms with Gasteiger partial charge < -0.3 is 34.4 Å². The number of hydrogen-bond acceptors (Lipinski definition) is 9. The molecule has 0 radical (unpaired) electrons. The van der Waals surface area contributed by atoms with Gasteiger partial charge in [-0.3, -0.25) is 9.59 Å². The van der Waals surface area contributed by atoms with Crippen molar-refractivity contribution in [2.75, 3.05) is 13.7 Å². The predicted molar refractivity (Wildman–Crippen MR) is 143 cm³/mol. The van der Waals surface area contributed by atoms with E-state index in [9.17, 15) is 24.9 Å². The number of hydrogen-bond donors (Lipinski definition) is 3. The Hall–Kier alpha value is -3.34. The minimum absolute atomic E-state index is 0.0187. The van der Waals surface area contributed by atoms with Gasteiger partial charge >= 0.3 is 0 Å². The summed E-state index contributed by atoms with van der Waals surface area (Å²) in [5, 5.41) is 33.1. The molecule has 2 heterocycles. The van der Waals surface area contributed by atoms with Crippen molar-refractivity contribution in [3.05, 3.63) is 63.9 Å². The number of phenols is 1. The highest BCUT2D eigenvalue weighted by molar-refractivity contribution is 6.31. The molecule has 2 aliphatic heterocycles. The summed E-state index contributed by atoms with van der Waals surface area (Å²) >= 11 is 0. The molecule has 10 heteroatoms. The largest absolute Gasteiger partial charge is 0.507 e. The summed E-state index contributed by atoms with van der Waals surface area (Å²) in [5.41, 5.74) is 0.00380. The van der Waals surface area contributed by atoms with Crippen molar-refractivity contribution in [2.24, 2.45) is 0 Å². The van der Waals surface area contributed by atoms with Crippen LogP contribution >= 0.6 is 0 Å². The Bertz CT molecular complexity index is 1400. The molecule has 4 aliphatic rings. The molecule has 2 aromatic carbocycles. The van der Waals surface area contributed by atoms with Crippen LogP contribution in [-0.2, 0) is 17.6 Å². The van der Waals surface area contributed by atoms with Crippen molar-refractivity contribution >= 4 is 19.4 Å². The van der Waals surface area contributed by atoms with Gasteiger partial charge in [0.1, 0.15) is 31.2 Å². The maximum Gasteiger partial charge on any atom is 0.202 e. The summed E-state index contributed by atoms with van der Waals surface area (Å²) in [6.45, 7) is 2.56. The molecule has 204 valence electrons. The molecule has 9 nitrogen and oxygen atoms in total. The van der Waals surface area contributed by atoms with Gasteiger partial charge in [0.25, 0.3) is 0 Å². The van der Waals surface area contributed by atoms with E-state index < -0.39 is 35.6 Å². The third-order valence-corrected chi connectivity index (χ3v) is 8.48. The monoisotopic (exact) mass is 533 g/mol. The highest BCUT2D eigenvalue weighted by atomic mass is 16.7. The van der Waals surface area contributed by atoms with Crippen molar-refractivity contribution in [1.29, 1.82) is 0 Å². The van der Waals surface area contributed by atoms with Crippen molar-refractivity contribution in [1.82, 2.24) is 4.90 Å². The molecule has 0 bridgehead atoms. The standard InChI is InChI=1S/C29H32BNO8/c1-14-24(32)18(31-10-3-4-11-31)12-20(38-14)39-28-15-8-9-29(30,36)13-17(15)26(34)22-23(28)27(35)21-16(25(22)33)6-5-7-19(21)37-2/h3,5-7,10,14,18,20,24,32,34,36H,4,8-9,11-13,30H2,1-2H3. The Morgan fingerprint density at radius 2 is 1.95 bits per heavy atom. The van der Waals surface area contributed by atoms with Crippen molar-refractivity contribution in [2.45, 2.75) is 69.1 Å². The van der Waals surface area contributed by atoms with Gasteiger partial charge in [-0.2, -0.15) is 0 Å². The third kappa shape index (κ3) is 4.13. The maximum absolute atomic E-state index is 14.1. The van der Waals surface area contributed by atoms with E-state index in [0.717, 1.165) is 13.0 Å². The fourth-order valence-corrected chi connectivity index (χ4v) is 6.43. The molecular formula is C29H32BNO8. The zero-order valence-electron chi connectivity index (χ0n) is 22.3. The van der Waals surface area contributed by atoms with Gasteiger partial charge in [0, 0.05) is 35.2 Å². The maximum atomic E-state index is 14.1. The first-order valence-corrected chi connectivity index (χ1v) is 13.4. The molecule has 0 spiro atoms. The molecule has 0 amide bonds. The van der Waals surface area contributed by atoms with E-state index in [1.165, 1.54) is 13.2 Å². The highest BCUT2D eigenvalue weighted by Crippen LogP contribution is 2.49. The van der Waals surface area contributed by atoms with Crippen molar-refractivity contribution in [3.8, 4) is 17.2 Å². The molecule has 1 saturated heterocycles. The first-order valence-electron chi connectivity index (χ1n) is 13.4. The van der Waals surface area contributed by atoms with Gasteiger partial charge in [-0.1, -0.05) is 18.2 Å². The number of aliphatic hydroxyl groups excluding tert-OH is 1. The van der Waals surface area contributed by atoms with Gasteiger partial charge in [-0.25, -0.2) is 0 Å². The lowest BCUT2D eigenvalue weighted by Crippen LogP contribution is -2.54. The number of carbonyl (C=O) groups excluding carboxylic acids is 2. The molecule has 0 saturated carbocycles. The van der Waals surface area contributed by atoms with Crippen LogP contribution in [0.2, 0.25) is 0 Å². The molecule has 1 fully saturated rings. The summed E-state index contributed by atoms with van der Waals surface area (Å²) in [7, 11) is 3.12. The molecule has 5 unspecified atom stereocenters. The van der Waals surface area contributed by atoms with Gasteiger partial charge in [0.05, 0.1) is 35.9 Å². The Labute approximate surface area is 227 Å². The average Bonchev–Trinajstić information content (AvgIpc) is 3.44. The summed E-state index contributed by atoms with van der Waals surface area (Å²) < 4.78 is 18.0. The van der Waals surface area contributed by atoms with Gasteiger partial charge in [-0.15, -0.1) is 0 Å². The number of benzene rings is 2. The number of nitrogens with zero attached hydrogens (tertiary/aromatic N) is 1. The van der Waals surface area contributed by atoms with E-state index in [2.05, 4.69) is 11.0 Å². The summed E-state index contributed by atoms with van der Waals surface area (Å²) in [6.07, 6.45) is 3.99. The number of rotatable bonds is 4. The number of ether oxygens (including phenoxy) is 3. The lowest BCUT2D eigenvalue weighted by Gasteiger charge is -2.42. The number of methoxy groups -OCH3 is 1. The van der Waals surface area contributed by atoms with E-state index in [1.54, 1.807) is 26.9 Å². The summed E-state index contributed by atoms with van der Waals surface area (Å²) in [4.78, 5) is 29.9. The van der Waals surface area contributed by atoms with Crippen LogP contribution in [0.5, 0.6) is 17.2 Å². The Kier molecular flexibility index (Phi) is 6.24. The third-order valence-electron chi connectivity index (χ3n) is 8.48. The topological polar surface area (TPSA) is 126 Å². The van der Waals surface area contributed by atoms with Crippen LogP contribution in [-0.4, -0.2) is 83.3 Å². The van der Waals surface area contributed by atoms with Crippen molar-refractivity contribution < 1.29 is 39.1 Å². The van der Waals surface area contributed by atoms with E-state index in [4.69, 9.17) is 14.2 Å². The predicted octanol–water partition coefficient (Wildman–Crippen LogP) is 1.45. The van der Waals surface area contributed by atoms with E-state index in [0.29, 0.717) is 30.4 Å². The summed E-state index contributed by atoms with van der Waals surface area (Å²) in [5.74, 6) is -0.845. The lowest BCUT2D eigenvalue weighted by molar-refractivity contribution is -0.201. The van der Waals surface area contributed by atoms with Crippen LogP contribution in [0.4, 0.5) is 0 Å². The van der Waals surface area contributed by atoms with Crippen LogP contribution in [0.3, 0.4) is 0 Å². The average molecular weight is 533 g/mol. The fraction of sp³-hybridized carbons (Fsp3) is 0.448. The first-order chi connectivity index (χ1) is 18.6. The molecular weight excluding hydrogens is 501 g/mol. The number of ketones is 2. The van der Waals surface area contributed by atoms with Crippen LogP contribution in [0.25, 0.3) is 0 Å². The highest BCUT2D eigenvalue weighted by Gasteiger charge is 2.45. The minimum Gasteiger partial charge on any atom is -0.507 e. The second-order valence-electron chi connectivity index (χ2n) is 11.2. The van der Waals surface area contributed by atoms with Gasteiger partial charge in [0.2, 0.25) is 12.1 Å². The molecule has 5 atom stereocenters. The zero-order chi connectivity index (χ0) is 27.6. The molecule has 2 aliphatic carbocycles. The normalized spacial score (nSPS) is 29.6. The Balaban J connectivity index is 1.50. The molecule has 3 N–H and O–H groups in total. The first kappa shape index (κ1) is 25.9. The zero-order valence-corrected chi connectivity index (χ0v) is 22.3. The van der Waals surface area contributed by atoms with Crippen LogP contribution in [0.15, 0.2) is 30.5 Å².